The first-order chi connectivity index (χ1) is 13.6. The number of carbonyl (C=O) groups excluding carboxylic acids is 3. The molecule has 5 heteroatoms. The second-order valence-electron chi connectivity index (χ2n) is 10.4. The van der Waals surface area contributed by atoms with Gasteiger partial charge in [0, 0.05) is 37.0 Å². The highest BCUT2D eigenvalue weighted by atomic mass is 16.4. The molecule has 3 saturated carbocycles. The number of carboxylic acid groups (broad SMARTS) is 1. The summed E-state index contributed by atoms with van der Waals surface area (Å²) in [5.41, 5.74) is 0.189. The second kappa shape index (κ2) is 6.88. The normalized spacial score (nSPS) is 42.6. The van der Waals surface area contributed by atoms with Crippen LogP contribution in [0.3, 0.4) is 0 Å². The zero-order valence-corrected chi connectivity index (χ0v) is 17.7. The quantitative estimate of drug-likeness (QED) is 0.771. The van der Waals surface area contributed by atoms with E-state index >= 15 is 0 Å². The summed E-state index contributed by atoms with van der Waals surface area (Å²) in [5, 5.41) is 9.06. The average molecular weight is 401 g/mol. The lowest BCUT2D eigenvalue weighted by atomic mass is 9.45. The topological polar surface area (TPSA) is 88.5 Å². The largest absolute Gasteiger partial charge is 0.481 e. The molecule has 0 amide bonds. The smallest absolute Gasteiger partial charge is 0.303 e. The first-order valence-electron chi connectivity index (χ1n) is 11.1. The molecule has 1 N–H and O–H groups in total. The van der Waals surface area contributed by atoms with Crippen LogP contribution < -0.4 is 0 Å². The van der Waals surface area contributed by atoms with Crippen LogP contribution in [0.1, 0.15) is 72.1 Å². The molecule has 0 bridgehead atoms. The van der Waals surface area contributed by atoms with Crippen LogP contribution in [-0.2, 0) is 19.2 Å². The number of hydrogen-bond donors (Lipinski definition) is 1. The van der Waals surface area contributed by atoms with E-state index in [-0.39, 0.29) is 58.8 Å². The zero-order chi connectivity index (χ0) is 21.1. The van der Waals surface area contributed by atoms with E-state index in [1.54, 1.807) is 6.08 Å². The Morgan fingerprint density at radius 3 is 2.62 bits per heavy atom. The van der Waals surface area contributed by atoms with Gasteiger partial charge in [-0.1, -0.05) is 26.3 Å². The lowest BCUT2D eigenvalue weighted by Gasteiger charge is -2.56. The molecule has 0 aliphatic heterocycles. The van der Waals surface area contributed by atoms with Crippen molar-refractivity contribution in [1.82, 2.24) is 0 Å². The summed E-state index contributed by atoms with van der Waals surface area (Å²) in [4.78, 5) is 49.8. The Kier molecular flexibility index (Phi) is 4.86. The fourth-order valence-corrected chi connectivity index (χ4v) is 7.48. The highest BCUT2D eigenvalue weighted by Crippen LogP contribution is 2.65. The van der Waals surface area contributed by atoms with Crippen LogP contribution >= 0.6 is 0 Å². The van der Waals surface area contributed by atoms with Gasteiger partial charge in [-0.15, -0.1) is 0 Å². The van der Waals surface area contributed by atoms with Crippen LogP contribution in [-0.4, -0.2) is 28.4 Å². The van der Waals surface area contributed by atoms with E-state index < -0.39 is 11.4 Å². The molecule has 29 heavy (non-hydrogen) atoms. The highest BCUT2D eigenvalue weighted by molar-refractivity contribution is 5.97. The molecule has 4 aliphatic carbocycles. The number of aliphatic carboxylic acids is 1. The number of ketones is 3. The van der Waals surface area contributed by atoms with Crippen molar-refractivity contribution in [3.8, 4) is 0 Å². The first kappa shape index (κ1) is 20.5. The van der Waals surface area contributed by atoms with E-state index in [1.807, 2.05) is 0 Å². The highest BCUT2D eigenvalue weighted by Gasteiger charge is 2.65. The van der Waals surface area contributed by atoms with Crippen LogP contribution in [0.15, 0.2) is 11.6 Å². The van der Waals surface area contributed by atoms with Crippen molar-refractivity contribution < 1.29 is 24.3 Å². The fourth-order valence-electron chi connectivity index (χ4n) is 7.48. The molecule has 3 fully saturated rings. The molecule has 0 radical (unpaired) electrons. The molecule has 5 nitrogen and oxygen atoms in total. The van der Waals surface area contributed by atoms with Crippen molar-refractivity contribution in [1.29, 1.82) is 0 Å². The van der Waals surface area contributed by atoms with Crippen LogP contribution in [0.5, 0.6) is 0 Å². The van der Waals surface area contributed by atoms with Crippen molar-refractivity contribution in [3.63, 3.8) is 0 Å². The minimum Gasteiger partial charge on any atom is -0.481 e. The Morgan fingerprint density at radius 2 is 1.93 bits per heavy atom. The third kappa shape index (κ3) is 2.95. The van der Waals surface area contributed by atoms with Gasteiger partial charge in [0.05, 0.1) is 0 Å². The number of fused-ring (bicyclic) bond motifs is 5. The van der Waals surface area contributed by atoms with Gasteiger partial charge >= 0.3 is 5.97 Å². The summed E-state index contributed by atoms with van der Waals surface area (Å²) in [6.45, 7) is 6.28. The SMILES string of the molecule is C[C@H](CCC(=O)O)[C@H]1CC[C@H]2[C@@H]3C(=O)CC4=CC(=O)CC[C@]4(C)[C@H]3CC(=O)[C@]12C. The molecule has 0 aromatic carbocycles. The van der Waals surface area contributed by atoms with Crippen LogP contribution in [0.2, 0.25) is 0 Å². The molecular weight excluding hydrogens is 368 g/mol. The molecule has 0 spiro atoms. The number of rotatable bonds is 4. The summed E-state index contributed by atoms with van der Waals surface area (Å²) in [6, 6.07) is 0. The van der Waals surface area contributed by atoms with Gasteiger partial charge in [-0.25, -0.2) is 0 Å². The summed E-state index contributed by atoms with van der Waals surface area (Å²) in [6.07, 6.45) is 6.14. The molecule has 0 saturated heterocycles. The second-order valence-corrected chi connectivity index (χ2v) is 10.4. The van der Waals surface area contributed by atoms with E-state index in [9.17, 15) is 19.2 Å². The zero-order valence-electron chi connectivity index (χ0n) is 17.7. The van der Waals surface area contributed by atoms with Gasteiger partial charge < -0.3 is 5.11 Å². The van der Waals surface area contributed by atoms with Crippen LogP contribution in [0, 0.1) is 40.4 Å². The maximum Gasteiger partial charge on any atom is 0.303 e. The van der Waals surface area contributed by atoms with Gasteiger partial charge in [0.15, 0.2) is 5.78 Å². The summed E-state index contributed by atoms with van der Waals surface area (Å²) < 4.78 is 0. The number of Topliss-reactive ketones (excluding diaryl/α,β-unsaturated/α-hetero) is 2. The van der Waals surface area contributed by atoms with Crippen LogP contribution in [0.25, 0.3) is 0 Å². The molecule has 7 atom stereocenters. The lowest BCUT2D eigenvalue weighted by Crippen LogP contribution is -2.57. The van der Waals surface area contributed by atoms with E-state index in [0.29, 0.717) is 25.7 Å². The van der Waals surface area contributed by atoms with Gasteiger partial charge in [-0.2, -0.15) is 0 Å². The van der Waals surface area contributed by atoms with E-state index in [2.05, 4.69) is 20.8 Å². The Morgan fingerprint density at radius 1 is 1.21 bits per heavy atom. The Bertz CT molecular complexity index is 810. The Balaban J connectivity index is 1.66. The van der Waals surface area contributed by atoms with E-state index in [0.717, 1.165) is 24.8 Å². The summed E-state index contributed by atoms with van der Waals surface area (Å²) in [5.74, 6) is -0.000899. The molecular formula is C24H32O5. The molecule has 4 aliphatic rings. The monoisotopic (exact) mass is 400 g/mol. The van der Waals surface area contributed by atoms with Gasteiger partial charge in [0.25, 0.3) is 0 Å². The maximum atomic E-state index is 13.6. The number of carboxylic acids is 1. The molecule has 0 aromatic heterocycles. The third-order valence-corrected chi connectivity index (χ3v) is 9.22. The molecule has 158 valence electrons. The molecule has 0 aromatic rings. The van der Waals surface area contributed by atoms with Gasteiger partial charge in [-0.3, -0.25) is 19.2 Å². The van der Waals surface area contributed by atoms with Crippen molar-refractivity contribution in [2.75, 3.05) is 0 Å². The minimum absolute atomic E-state index is 0.00162. The number of allylic oxidation sites excluding steroid dienone is 1. The average Bonchev–Trinajstić information content (AvgIpc) is 3.01. The predicted molar refractivity (Wildman–Crippen MR) is 107 cm³/mol. The summed E-state index contributed by atoms with van der Waals surface area (Å²) >= 11 is 0. The van der Waals surface area contributed by atoms with E-state index in [4.69, 9.17) is 5.11 Å². The van der Waals surface area contributed by atoms with Gasteiger partial charge in [0.1, 0.15) is 11.6 Å². The molecule has 0 heterocycles. The number of carbonyl (C=O) groups is 4. The lowest BCUT2D eigenvalue weighted by molar-refractivity contribution is -0.155. The first-order valence-corrected chi connectivity index (χ1v) is 11.1. The maximum absolute atomic E-state index is 13.6. The van der Waals surface area contributed by atoms with Gasteiger partial charge in [0.2, 0.25) is 0 Å². The van der Waals surface area contributed by atoms with Crippen molar-refractivity contribution in [3.05, 3.63) is 11.6 Å². The molecule has 0 unspecified atom stereocenters. The van der Waals surface area contributed by atoms with Crippen molar-refractivity contribution in [2.24, 2.45) is 40.4 Å². The standard InChI is InChI=1S/C24H32O5/c1-13(4-7-21(28)29)16-5-6-17-22-18(12-20(27)24(16,17)3)23(2)9-8-15(25)10-14(23)11-19(22)26/h10,13,16-18,22H,4-9,11-12H2,1-3H3,(H,28,29)/t13-,16-,17+,18+,22+,23+,24-/m1/s1. The van der Waals surface area contributed by atoms with Gasteiger partial charge in [-0.05, 0) is 60.8 Å². The summed E-state index contributed by atoms with van der Waals surface area (Å²) in [7, 11) is 0. The van der Waals surface area contributed by atoms with E-state index in [1.165, 1.54) is 0 Å². The van der Waals surface area contributed by atoms with Crippen molar-refractivity contribution >= 4 is 23.3 Å². The third-order valence-electron chi connectivity index (χ3n) is 9.22. The predicted octanol–water partition coefficient (Wildman–Crippen LogP) is 3.99. The Hall–Kier alpha value is -1.78. The Labute approximate surface area is 172 Å². The molecule has 4 rings (SSSR count). The fraction of sp³-hybridized carbons (Fsp3) is 0.750. The van der Waals surface area contributed by atoms with Crippen LogP contribution in [0.4, 0.5) is 0 Å². The number of hydrogen-bond acceptors (Lipinski definition) is 4. The minimum atomic E-state index is -0.798. The van der Waals surface area contributed by atoms with Crippen molar-refractivity contribution in [2.45, 2.75) is 72.1 Å².